The second-order valence-corrected chi connectivity index (χ2v) is 6.44. The van der Waals surface area contributed by atoms with Crippen molar-refractivity contribution in [3.63, 3.8) is 0 Å². The summed E-state index contributed by atoms with van der Waals surface area (Å²) in [5, 5.41) is 0. The Hall–Kier alpha value is -1.16. The predicted octanol–water partition coefficient (Wildman–Crippen LogP) is 4.02. The average molecular weight is 320 g/mol. The van der Waals surface area contributed by atoms with E-state index in [9.17, 15) is 0 Å². The average Bonchev–Trinajstić information content (AvgIpc) is 2.38. The third kappa shape index (κ3) is 2.46. The van der Waals surface area contributed by atoms with Gasteiger partial charge in [0.25, 0.3) is 0 Å². The maximum atomic E-state index is 4.56. The highest BCUT2D eigenvalue weighted by molar-refractivity contribution is 9.10. The van der Waals surface area contributed by atoms with Gasteiger partial charge >= 0.3 is 0 Å². The maximum Gasteiger partial charge on any atom is 0.112 e. The number of halogens is 1. The number of hydrogen-bond acceptors (Lipinski definition) is 3. The van der Waals surface area contributed by atoms with Crippen molar-refractivity contribution in [3.8, 4) is 0 Å². The molecule has 0 saturated carbocycles. The molecule has 0 aliphatic carbocycles. The van der Waals surface area contributed by atoms with Crippen molar-refractivity contribution in [1.29, 1.82) is 0 Å². The summed E-state index contributed by atoms with van der Waals surface area (Å²) < 4.78 is 0.977. The largest absolute Gasteiger partial charge is 0.367 e. The molecule has 2 atom stereocenters. The minimum atomic E-state index is 0.569. The summed E-state index contributed by atoms with van der Waals surface area (Å²) in [7, 11) is 0. The van der Waals surface area contributed by atoms with Gasteiger partial charge in [-0.05, 0) is 53.7 Å². The highest BCUT2D eigenvalue weighted by atomic mass is 79.9. The van der Waals surface area contributed by atoms with Crippen LogP contribution in [0.3, 0.4) is 0 Å². The second kappa shape index (κ2) is 5.08. The highest BCUT2D eigenvalue weighted by Gasteiger charge is 2.24. The van der Waals surface area contributed by atoms with Gasteiger partial charge in [-0.2, -0.15) is 0 Å². The molecule has 100 valence electrons. The van der Waals surface area contributed by atoms with Crippen molar-refractivity contribution in [2.24, 2.45) is 5.92 Å². The Labute approximate surface area is 122 Å². The Morgan fingerprint density at radius 1 is 1.32 bits per heavy atom. The molecule has 1 aliphatic rings. The van der Waals surface area contributed by atoms with Crippen molar-refractivity contribution in [1.82, 2.24) is 9.97 Å². The number of hydrogen-bond donors (Lipinski definition) is 0. The third-order valence-electron chi connectivity index (χ3n) is 3.97. The van der Waals surface area contributed by atoms with Gasteiger partial charge in [-0.15, -0.1) is 0 Å². The summed E-state index contributed by atoms with van der Waals surface area (Å²) in [6, 6.07) is 4.69. The summed E-state index contributed by atoms with van der Waals surface area (Å²) in [4.78, 5) is 11.5. The van der Waals surface area contributed by atoms with E-state index in [0.29, 0.717) is 6.04 Å². The molecule has 0 radical (unpaired) electrons. The molecule has 1 aliphatic heterocycles. The van der Waals surface area contributed by atoms with Crippen LogP contribution < -0.4 is 4.90 Å². The Morgan fingerprint density at radius 2 is 2.16 bits per heavy atom. The summed E-state index contributed by atoms with van der Waals surface area (Å²) >= 11 is 3.46. The highest BCUT2D eigenvalue weighted by Crippen LogP contribution is 2.31. The van der Waals surface area contributed by atoms with Crippen molar-refractivity contribution < 1.29 is 0 Å². The minimum Gasteiger partial charge on any atom is -0.367 e. The molecule has 1 fully saturated rings. The van der Waals surface area contributed by atoms with E-state index in [0.717, 1.165) is 28.0 Å². The van der Waals surface area contributed by atoms with Gasteiger partial charge in [-0.25, -0.2) is 0 Å². The normalized spacial score (nSPS) is 23.8. The fourth-order valence-electron chi connectivity index (χ4n) is 2.99. The van der Waals surface area contributed by atoms with Crippen molar-refractivity contribution in [2.75, 3.05) is 11.4 Å². The summed E-state index contributed by atoms with van der Waals surface area (Å²) in [6.07, 6.45) is 6.24. The van der Waals surface area contributed by atoms with Gasteiger partial charge in [0.2, 0.25) is 0 Å². The van der Waals surface area contributed by atoms with Crippen LogP contribution in [0.2, 0.25) is 0 Å². The molecule has 0 amide bonds. The first-order chi connectivity index (χ1) is 9.15. The van der Waals surface area contributed by atoms with Crippen LogP contribution in [0.5, 0.6) is 0 Å². The van der Waals surface area contributed by atoms with E-state index in [4.69, 9.17) is 0 Å². The van der Waals surface area contributed by atoms with Crippen molar-refractivity contribution in [3.05, 3.63) is 29.0 Å². The Kier molecular flexibility index (Phi) is 3.44. The van der Waals surface area contributed by atoms with Crippen LogP contribution >= 0.6 is 15.9 Å². The van der Waals surface area contributed by atoms with Crippen LogP contribution in [0.1, 0.15) is 26.7 Å². The lowest BCUT2D eigenvalue weighted by atomic mass is 9.93. The molecule has 1 saturated heterocycles. The van der Waals surface area contributed by atoms with E-state index in [1.54, 1.807) is 0 Å². The molecular weight excluding hydrogens is 302 g/mol. The smallest absolute Gasteiger partial charge is 0.112 e. The van der Waals surface area contributed by atoms with Gasteiger partial charge in [0.15, 0.2) is 0 Å². The molecule has 3 rings (SSSR count). The van der Waals surface area contributed by atoms with Gasteiger partial charge in [0.05, 0.1) is 11.2 Å². The number of rotatable bonds is 1. The zero-order valence-corrected chi connectivity index (χ0v) is 12.9. The zero-order valence-electron chi connectivity index (χ0n) is 11.3. The van der Waals surface area contributed by atoms with E-state index in [1.807, 2.05) is 18.5 Å². The van der Waals surface area contributed by atoms with Crippen molar-refractivity contribution in [2.45, 2.75) is 32.7 Å². The first kappa shape index (κ1) is 12.9. The molecule has 0 spiro atoms. The monoisotopic (exact) mass is 319 g/mol. The first-order valence-electron chi connectivity index (χ1n) is 6.82. The molecule has 19 heavy (non-hydrogen) atoms. The van der Waals surface area contributed by atoms with E-state index in [-0.39, 0.29) is 0 Å². The van der Waals surface area contributed by atoms with Gasteiger partial charge in [-0.3, -0.25) is 9.97 Å². The SMILES string of the molecule is CC1CCN(c2ccnc3cc(Br)cnc23)C(C)C1. The summed E-state index contributed by atoms with van der Waals surface area (Å²) in [6.45, 7) is 5.76. The molecule has 3 heterocycles. The van der Waals surface area contributed by atoms with Gasteiger partial charge in [0, 0.05) is 29.5 Å². The first-order valence-corrected chi connectivity index (χ1v) is 7.61. The third-order valence-corrected chi connectivity index (χ3v) is 4.40. The maximum absolute atomic E-state index is 4.56. The van der Waals surface area contributed by atoms with Crippen LogP contribution in [0.15, 0.2) is 29.0 Å². The van der Waals surface area contributed by atoms with E-state index in [1.165, 1.54) is 18.5 Å². The van der Waals surface area contributed by atoms with Crippen LogP contribution in [0.4, 0.5) is 5.69 Å². The van der Waals surface area contributed by atoms with E-state index >= 15 is 0 Å². The number of aromatic nitrogens is 2. The summed E-state index contributed by atoms with van der Waals surface area (Å²) in [5.74, 6) is 0.821. The lowest BCUT2D eigenvalue weighted by Crippen LogP contribution is -2.40. The molecule has 2 unspecified atom stereocenters. The Balaban J connectivity index is 2.05. The standard InChI is InChI=1S/C15H18BrN3/c1-10-4-6-19(11(2)7-10)14-3-5-17-13-8-12(16)9-18-15(13)14/h3,5,8-11H,4,6-7H2,1-2H3. The van der Waals surface area contributed by atoms with Crippen LogP contribution in [0.25, 0.3) is 11.0 Å². The fourth-order valence-corrected chi connectivity index (χ4v) is 3.31. The van der Waals surface area contributed by atoms with E-state index in [2.05, 4.69) is 50.7 Å². The molecule has 0 N–H and O–H groups in total. The quantitative estimate of drug-likeness (QED) is 0.795. The number of pyridine rings is 2. The predicted molar refractivity (Wildman–Crippen MR) is 82.4 cm³/mol. The molecule has 0 bridgehead atoms. The fraction of sp³-hybridized carbons (Fsp3) is 0.467. The van der Waals surface area contributed by atoms with Crippen LogP contribution in [0, 0.1) is 5.92 Å². The zero-order chi connectivity index (χ0) is 13.4. The Bertz CT molecular complexity index is 599. The van der Waals surface area contributed by atoms with Crippen molar-refractivity contribution >= 4 is 32.7 Å². The number of anilines is 1. The second-order valence-electron chi connectivity index (χ2n) is 5.52. The molecule has 4 heteroatoms. The Morgan fingerprint density at radius 3 is 2.95 bits per heavy atom. The molecule has 2 aromatic heterocycles. The van der Waals surface area contributed by atoms with E-state index < -0.39 is 0 Å². The lowest BCUT2D eigenvalue weighted by Gasteiger charge is -2.38. The van der Waals surface area contributed by atoms with Crippen LogP contribution in [-0.4, -0.2) is 22.6 Å². The molecule has 2 aromatic rings. The molecular formula is C15H18BrN3. The summed E-state index contributed by atoms with van der Waals surface area (Å²) in [5.41, 5.74) is 3.18. The van der Waals surface area contributed by atoms with Gasteiger partial charge in [-0.1, -0.05) is 6.92 Å². The molecule has 0 aromatic carbocycles. The van der Waals surface area contributed by atoms with Gasteiger partial charge < -0.3 is 4.90 Å². The number of nitrogens with zero attached hydrogens (tertiary/aromatic N) is 3. The lowest BCUT2D eigenvalue weighted by molar-refractivity contribution is 0.378. The minimum absolute atomic E-state index is 0.569. The van der Waals surface area contributed by atoms with Crippen LogP contribution in [-0.2, 0) is 0 Å². The molecule has 3 nitrogen and oxygen atoms in total. The number of piperidine rings is 1. The topological polar surface area (TPSA) is 29.0 Å². The van der Waals surface area contributed by atoms with Gasteiger partial charge in [0.1, 0.15) is 5.52 Å². The number of fused-ring (bicyclic) bond motifs is 1.